The van der Waals surface area contributed by atoms with Gasteiger partial charge >= 0.3 is 17.1 Å². The number of pyridine rings is 2. The molecule has 1 aliphatic rings. The van der Waals surface area contributed by atoms with Gasteiger partial charge in [0.15, 0.2) is 0 Å². The van der Waals surface area contributed by atoms with Gasteiger partial charge in [0.2, 0.25) is 0 Å². The van der Waals surface area contributed by atoms with Gasteiger partial charge in [-0.25, -0.2) is 37.3 Å². The van der Waals surface area contributed by atoms with E-state index in [2.05, 4.69) is 44.0 Å². The van der Waals surface area contributed by atoms with Crippen LogP contribution in [0.25, 0.3) is 0 Å². The summed E-state index contributed by atoms with van der Waals surface area (Å²) in [5.41, 5.74) is 2.33. The van der Waals surface area contributed by atoms with E-state index in [-0.39, 0.29) is 17.1 Å². The first-order valence-electron chi connectivity index (χ1n) is 11.1. The zero-order chi connectivity index (χ0) is 31.5. The standard InChI is InChI=1S/C17H22N4.3C2H3N.2ClHO4.Mn/c1-3-8-18-16(6-1)14-20-10-5-11-21(13-12-20)15-17-7-2-4-9-19-17;3*1-2-3;2*2-1(3,4)5;/h1-4,6-9H,5,10-15H2;3*1H3;2*(H,2,3,4,5);/q;;;;;;+2/p-2. The summed E-state index contributed by atoms with van der Waals surface area (Å²) in [4.78, 5) is 13.9. The van der Waals surface area contributed by atoms with Crippen molar-refractivity contribution in [3.63, 3.8) is 0 Å². The third-order valence-corrected chi connectivity index (χ3v) is 3.90. The van der Waals surface area contributed by atoms with Crippen molar-refractivity contribution in [3.8, 4) is 18.2 Å². The maximum Gasteiger partial charge on any atom is 2.00 e. The van der Waals surface area contributed by atoms with Gasteiger partial charge in [0.05, 0.1) is 29.6 Å². The molecule has 0 saturated carbocycles. The van der Waals surface area contributed by atoms with Gasteiger partial charge in [0.1, 0.15) is 0 Å². The molecule has 0 aliphatic carbocycles. The number of nitriles is 3. The van der Waals surface area contributed by atoms with Crippen molar-refractivity contribution in [3.05, 3.63) is 60.2 Å². The molecule has 0 unspecified atom stereocenters. The van der Waals surface area contributed by atoms with Gasteiger partial charge < -0.3 is 0 Å². The van der Waals surface area contributed by atoms with Crippen LogP contribution in [0.3, 0.4) is 0 Å². The molecule has 15 nitrogen and oxygen atoms in total. The van der Waals surface area contributed by atoms with E-state index in [0.717, 1.165) is 50.7 Å². The largest absolute Gasteiger partial charge is 2.00 e. The van der Waals surface area contributed by atoms with E-state index in [0.29, 0.717) is 0 Å². The average Bonchev–Trinajstić information content (AvgIpc) is 3.05. The summed E-state index contributed by atoms with van der Waals surface area (Å²) in [6.07, 6.45) is 4.96. The fourth-order valence-corrected chi connectivity index (χ4v) is 2.78. The summed E-state index contributed by atoms with van der Waals surface area (Å²) >= 11 is 0. The maximum atomic E-state index is 8.49. The van der Waals surface area contributed by atoms with Crippen LogP contribution in [0.15, 0.2) is 48.8 Å². The van der Waals surface area contributed by atoms with E-state index in [1.54, 1.807) is 18.2 Å². The quantitative estimate of drug-likeness (QED) is 0.276. The molecule has 227 valence electrons. The smallest absolute Gasteiger partial charge is 0.296 e. The van der Waals surface area contributed by atoms with Gasteiger partial charge in [-0.15, -0.1) is 20.5 Å². The molecule has 0 atom stereocenters. The Morgan fingerprint density at radius 3 is 1.12 bits per heavy atom. The van der Waals surface area contributed by atoms with Crippen molar-refractivity contribution in [1.82, 2.24) is 19.8 Å². The minimum absolute atomic E-state index is 0. The van der Waals surface area contributed by atoms with Crippen molar-refractivity contribution in [2.75, 3.05) is 26.2 Å². The zero-order valence-electron chi connectivity index (χ0n) is 22.6. The molecule has 18 heteroatoms. The fraction of sp³-hybridized carbons (Fsp3) is 0.435. The molecule has 1 radical (unpaired) electrons. The Morgan fingerprint density at radius 1 is 0.634 bits per heavy atom. The molecule has 1 aliphatic heterocycles. The number of aromatic nitrogens is 2. The van der Waals surface area contributed by atoms with E-state index >= 15 is 0 Å². The van der Waals surface area contributed by atoms with Crippen molar-refractivity contribution < 1.29 is 74.8 Å². The Hall–Kier alpha value is -2.53. The Morgan fingerprint density at radius 2 is 0.902 bits per heavy atom. The summed E-state index contributed by atoms with van der Waals surface area (Å²) in [5.74, 6) is 0. The van der Waals surface area contributed by atoms with Crippen LogP contribution < -0.4 is 37.3 Å². The first-order chi connectivity index (χ1) is 18.6. The van der Waals surface area contributed by atoms with E-state index in [1.807, 2.05) is 24.5 Å². The van der Waals surface area contributed by atoms with Crippen molar-refractivity contribution in [2.45, 2.75) is 40.3 Å². The second-order valence-electron chi connectivity index (χ2n) is 6.97. The van der Waals surface area contributed by atoms with Crippen LogP contribution in [0.5, 0.6) is 0 Å². The summed E-state index contributed by atoms with van der Waals surface area (Å²) in [6.45, 7) is 10.7. The van der Waals surface area contributed by atoms with Crippen LogP contribution in [-0.2, 0) is 30.2 Å². The summed E-state index contributed by atoms with van der Waals surface area (Å²) in [6, 6.07) is 17.5. The van der Waals surface area contributed by atoms with Crippen LogP contribution in [0.2, 0.25) is 0 Å². The third-order valence-electron chi connectivity index (χ3n) is 3.90. The number of nitrogens with zero attached hydrogens (tertiary/aromatic N) is 7. The molecule has 1 fully saturated rings. The first kappa shape index (κ1) is 45.5. The number of rotatable bonds is 4. The minimum atomic E-state index is -4.94. The maximum absolute atomic E-state index is 8.49. The zero-order valence-corrected chi connectivity index (χ0v) is 25.3. The molecular weight excluding hydrogens is 628 g/mol. The number of hydrogen-bond donors (Lipinski definition) is 0. The number of hydrogen-bond acceptors (Lipinski definition) is 15. The van der Waals surface area contributed by atoms with Crippen LogP contribution >= 0.6 is 0 Å². The SMILES string of the molecule is CC#N.CC#N.CC#N.[Mn+2].[O-][Cl+3]([O-])([O-])[O-].[O-][Cl+3]([O-])([O-])[O-].c1ccc(CN2CCCN(Cc3ccccn3)CC2)nc1. The molecule has 3 heterocycles. The van der Waals surface area contributed by atoms with Crippen molar-refractivity contribution in [1.29, 1.82) is 15.8 Å². The van der Waals surface area contributed by atoms with Gasteiger partial charge in [-0.2, -0.15) is 15.8 Å². The fourth-order valence-electron chi connectivity index (χ4n) is 2.78. The van der Waals surface area contributed by atoms with Gasteiger partial charge in [-0.3, -0.25) is 19.8 Å². The Labute approximate surface area is 254 Å². The van der Waals surface area contributed by atoms with Crippen molar-refractivity contribution >= 4 is 0 Å². The second-order valence-corrected chi connectivity index (χ2v) is 8.49. The van der Waals surface area contributed by atoms with Crippen LogP contribution in [0, 0.1) is 54.5 Å². The summed E-state index contributed by atoms with van der Waals surface area (Å²) in [5, 5.41) is 22.0. The average molecular weight is 659 g/mol. The normalized spacial score (nSPS) is 12.5. The van der Waals surface area contributed by atoms with Gasteiger partial charge in [0.25, 0.3) is 0 Å². The second kappa shape index (κ2) is 29.0. The summed E-state index contributed by atoms with van der Waals surface area (Å²) in [7, 11) is -9.89. The topological polar surface area (TPSA) is 288 Å². The predicted molar refractivity (Wildman–Crippen MR) is 118 cm³/mol. The molecular formula is C23H31Cl2MnN7O8. The Balaban J connectivity index is -0.000000283. The van der Waals surface area contributed by atoms with Gasteiger partial charge in [0, 0.05) is 59.3 Å². The Kier molecular flexibility index (Phi) is 32.1. The van der Waals surface area contributed by atoms with E-state index in [1.165, 1.54) is 27.2 Å². The van der Waals surface area contributed by atoms with Crippen LogP contribution in [0.4, 0.5) is 0 Å². The van der Waals surface area contributed by atoms with Crippen molar-refractivity contribution in [2.24, 2.45) is 0 Å². The van der Waals surface area contributed by atoms with E-state index in [4.69, 9.17) is 53.1 Å². The molecule has 0 N–H and O–H groups in total. The molecule has 0 spiro atoms. The van der Waals surface area contributed by atoms with Gasteiger partial charge in [-0.1, -0.05) is 12.1 Å². The van der Waals surface area contributed by atoms with E-state index < -0.39 is 20.5 Å². The molecule has 0 amide bonds. The monoisotopic (exact) mass is 658 g/mol. The number of halogens is 2. The predicted octanol–water partition coefficient (Wildman–Crippen LogP) is -5.74. The molecule has 1 saturated heterocycles. The molecule has 41 heavy (non-hydrogen) atoms. The third kappa shape index (κ3) is 44.7. The molecule has 3 rings (SSSR count). The first-order valence-corrected chi connectivity index (χ1v) is 13.5. The molecule has 2 aromatic rings. The van der Waals surface area contributed by atoms with Crippen LogP contribution in [-0.4, -0.2) is 45.9 Å². The van der Waals surface area contributed by atoms with E-state index in [9.17, 15) is 0 Å². The molecule has 0 aromatic carbocycles. The summed E-state index contributed by atoms with van der Waals surface area (Å²) < 4.78 is 67.9. The Bertz CT molecular complexity index is 882. The molecule has 0 bridgehead atoms. The minimum Gasteiger partial charge on any atom is -0.296 e. The van der Waals surface area contributed by atoms with Gasteiger partial charge in [-0.05, 0) is 43.8 Å². The van der Waals surface area contributed by atoms with Crippen LogP contribution in [0.1, 0.15) is 38.6 Å². The molecule has 2 aromatic heterocycles.